The van der Waals surface area contributed by atoms with E-state index < -0.39 is 97.0 Å². The van der Waals surface area contributed by atoms with Gasteiger partial charge in [0.25, 0.3) is 0 Å². The third-order valence-corrected chi connectivity index (χ3v) is 15.3. The molecule has 0 fully saturated rings. The van der Waals surface area contributed by atoms with Crippen molar-refractivity contribution in [2.24, 2.45) is 5.73 Å². The molecule has 2 aromatic rings. The second kappa shape index (κ2) is 46.7. The Morgan fingerprint density at radius 2 is 0.906 bits per heavy atom. The number of nitrogens with one attached hydrogen (secondary N) is 8. The first-order valence-electron chi connectivity index (χ1n) is 32.2. The molecule has 0 spiro atoms. The molecule has 21 nitrogen and oxygen atoms in total. The summed E-state index contributed by atoms with van der Waals surface area (Å²) < 4.78 is 0. The summed E-state index contributed by atoms with van der Waals surface area (Å²) in [7, 11) is 0. The zero-order chi connectivity index (χ0) is 62.5. The normalized spacial score (nSPS) is 12.9. The van der Waals surface area contributed by atoms with Crippen molar-refractivity contribution in [1.82, 2.24) is 42.2 Å². The van der Waals surface area contributed by atoms with Gasteiger partial charge < -0.3 is 58.1 Å². The number of hydrogen-bond acceptors (Lipinski definition) is 10. The molecule has 0 saturated heterocycles. The number of aliphatic carboxylic acids is 2. The molecule has 1 aromatic heterocycles. The second-order valence-corrected chi connectivity index (χ2v) is 23.1. The highest BCUT2D eigenvalue weighted by Crippen LogP contribution is 2.20. The average molecular weight is 1190 g/mol. The van der Waals surface area contributed by atoms with Crippen LogP contribution in [0.15, 0.2) is 30.5 Å². The van der Waals surface area contributed by atoms with Crippen molar-refractivity contribution in [2.75, 3.05) is 13.1 Å². The molecule has 2 rings (SSSR count). The van der Waals surface area contributed by atoms with Gasteiger partial charge in [0.05, 0.1) is 19.4 Å². The van der Waals surface area contributed by atoms with Crippen LogP contribution in [-0.4, -0.2) is 118 Å². The number of benzene rings is 1. The summed E-state index contributed by atoms with van der Waals surface area (Å²) in [6.45, 7) is 5.69. The quantitative estimate of drug-likeness (QED) is 0.0277. The van der Waals surface area contributed by atoms with Crippen LogP contribution in [0.2, 0.25) is 0 Å². The number of carbonyl (C=O) groups excluding carboxylic acids is 8. The number of primary amides is 1. The number of unbranched alkanes of at least 4 members (excludes halogenated alkanes) is 25. The third kappa shape index (κ3) is 36.8. The molecule has 12 N–H and O–H groups in total. The van der Waals surface area contributed by atoms with E-state index in [9.17, 15) is 58.2 Å². The highest BCUT2D eigenvalue weighted by atomic mass is 16.4. The summed E-state index contributed by atoms with van der Waals surface area (Å²) in [5.41, 5.74) is 6.44. The van der Waals surface area contributed by atoms with Gasteiger partial charge in [-0.05, 0) is 57.1 Å². The first kappa shape index (κ1) is 74.6. The maximum Gasteiger partial charge on any atom is 0.305 e. The third-order valence-electron chi connectivity index (χ3n) is 15.3. The molecule has 0 unspecified atom stereocenters. The molecule has 1 aromatic carbocycles. The van der Waals surface area contributed by atoms with Crippen molar-refractivity contribution in [2.45, 2.75) is 282 Å². The number of nitrogens with two attached hydrogens (primary N) is 1. The predicted octanol–water partition coefficient (Wildman–Crippen LogP) is 8.73. The highest BCUT2D eigenvalue weighted by Gasteiger charge is 2.33. The van der Waals surface area contributed by atoms with E-state index in [2.05, 4.69) is 56.0 Å². The van der Waals surface area contributed by atoms with Crippen LogP contribution in [0, 0.1) is 0 Å². The monoisotopic (exact) mass is 1190 g/mol. The van der Waals surface area contributed by atoms with Gasteiger partial charge in [-0.25, -0.2) is 0 Å². The lowest BCUT2D eigenvalue weighted by atomic mass is 10.0. The number of fused-ring (bicyclic) bond motifs is 1. The summed E-state index contributed by atoms with van der Waals surface area (Å²) in [5, 5.41) is 38.3. The number of carbonyl (C=O) groups is 10. The van der Waals surface area contributed by atoms with Crippen molar-refractivity contribution in [3.63, 3.8) is 0 Å². The predicted molar refractivity (Wildman–Crippen MR) is 331 cm³/mol. The van der Waals surface area contributed by atoms with Crippen molar-refractivity contribution >= 4 is 70.1 Å². The molecule has 0 aliphatic rings. The summed E-state index contributed by atoms with van der Waals surface area (Å²) in [6, 6.07) is 0.365. The topological polar surface area (TPSA) is 337 Å². The molecular weight excluding hydrogens is 1090 g/mol. The van der Waals surface area contributed by atoms with E-state index in [0.29, 0.717) is 48.7 Å². The Morgan fingerprint density at radius 3 is 1.42 bits per heavy atom. The number of H-pyrrole nitrogens is 1. The maximum atomic E-state index is 14.1. The van der Waals surface area contributed by atoms with Crippen molar-refractivity contribution in [3.8, 4) is 0 Å². The van der Waals surface area contributed by atoms with Crippen LogP contribution in [0.25, 0.3) is 10.9 Å². The van der Waals surface area contributed by atoms with Crippen LogP contribution in [0.4, 0.5) is 0 Å². The molecular formula is C64H107N9O12. The fourth-order valence-corrected chi connectivity index (χ4v) is 10.3. The summed E-state index contributed by atoms with van der Waals surface area (Å²) in [5.74, 6) is -8.56. The fraction of sp³-hybridized carbons (Fsp3) is 0.719. The van der Waals surface area contributed by atoms with Gasteiger partial charge in [0.15, 0.2) is 0 Å². The number of rotatable bonds is 53. The molecule has 0 aliphatic heterocycles. The Kier molecular flexibility index (Phi) is 41.0. The minimum Gasteiger partial charge on any atom is -0.481 e. The second-order valence-electron chi connectivity index (χ2n) is 23.1. The van der Waals surface area contributed by atoms with Crippen molar-refractivity contribution < 1.29 is 58.2 Å². The van der Waals surface area contributed by atoms with E-state index in [4.69, 9.17) is 5.73 Å². The Labute approximate surface area is 505 Å². The smallest absolute Gasteiger partial charge is 0.305 e. The van der Waals surface area contributed by atoms with Crippen LogP contribution in [0.1, 0.15) is 251 Å². The number of carboxylic acid groups (broad SMARTS) is 2. The van der Waals surface area contributed by atoms with Crippen molar-refractivity contribution in [1.29, 1.82) is 0 Å². The van der Waals surface area contributed by atoms with Crippen molar-refractivity contribution in [3.05, 3.63) is 36.0 Å². The standard InChI is InChI=1S/C64H107N9O12/c1-4-6-8-10-12-14-16-18-20-22-24-26-28-37-56(75)66-41-33-32-36-51(70-57(76)38-29-27-25-23-21-19-17-15-13-11-9-7-5-2)61(82)68-46-58(77)71-53(43-59(78)79)64(85)72-52(42-48-45-67-50-35-31-30-34-49(48)50)63(84)73-54(44-60(80)81)62(83)69-47(3)39-40-55(65)74/h30-31,34-35,45,47,51-54,67H,4-29,32-33,36-44,46H2,1-3H3,(H2,65,74)(H,66,75)(H,68,82)(H,69,83)(H,70,76)(H,71,77)(H,72,85)(H,73,84)(H,78,79)(H,80,81)/t47-,51+,52+,53+,54+/m1/s1. The maximum absolute atomic E-state index is 14.1. The minimum atomic E-state index is -1.79. The van der Waals surface area contributed by atoms with Gasteiger partial charge in [0.1, 0.15) is 24.2 Å². The Morgan fingerprint density at radius 1 is 0.459 bits per heavy atom. The molecule has 480 valence electrons. The van der Waals surface area contributed by atoms with Crippen LogP contribution in [0.3, 0.4) is 0 Å². The van der Waals surface area contributed by atoms with Gasteiger partial charge in [0, 0.05) is 55.4 Å². The van der Waals surface area contributed by atoms with E-state index in [0.717, 1.165) is 44.9 Å². The van der Waals surface area contributed by atoms with Gasteiger partial charge in [0.2, 0.25) is 47.3 Å². The molecule has 0 aliphatic carbocycles. The number of hydrogen-bond donors (Lipinski definition) is 11. The van der Waals surface area contributed by atoms with Gasteiger partial charge in [-0.3, -0.25) is 47.9 Å². The summed E-state index contributed by atoms with van der Waals surface area (Å²) >= 11 is 0. The molecule has 8 amide bonds. The van der Waals surface area contributed by atoms with E-state index in [-0.39, 0.29) is 43.9 Å². The summed E-state index contributed by atoms with van der Waals surface area (Å²) in [4.78, 5) is 133. The van der Waals surface area contributed by atoms with Gasteiger partial charge >= 0.3 is 11.9 Å². The molecule has 5 atom stereocenters. The highest BCUT2D eigenvalue weighted by molar-refractivity contribution is 5.98. The van der Waals surface area contributed by atoms with Crippen LogP contribution >= 0.6 is 0 Å². The number of carboxylic acids is 2. The van der Waals surface area contributed by atoms with E-state index in [1.165, 1.54) is 116 Å². The number of amides is 8. The number of para-hydroxylation sites is 1. The number of aromatic nitrogens is 1. The van der Waals surface area contributed by atoms with E-state index in [1.54, 1.807) is 37.4 Å². The first-order chi connectivity index (χ1) is 40.9. The van der Waals surface area contributed by atoms with E-state index >= 15 is 0 Å². The largest absolute Gasteiger partial charge is 0.481 e. The van der Waals surface area contributed by atoms with Crippen LogP contribution in [-0.2, 0) is 54.4 Å². The zero-order valence-corrected chi connectivity index (χ0v) is 51.7. The average Bonchev–Trinajstić information content (AvgIpc) is 4.06. The lowest BCUT2D eigenvalue weighted by Crippen LogP contribution is -2.58. The van der Waals surface area contributed by atoms with Gasteiger partial charge in [-0.15, -0.1) is 0 Å². The Bertz CT molecular complexity index is 2290. The molecule has 85 heavy (non-hydrogen) atoms. The Balaban J connectivity index is 2.08. The van der Waals surface area contributed by atoms with Crippen LogP contribution < -0.4 is 43.0 Å². The fourth-order valence-electron chi connectivity index (χ4n) is 10.3. The van der Waals surface area contributed by atoms with Gasteiger partial charge in [-0.2, -0.15) is 0 Å². The molecule has 21 heteroatoms. The molecule has 0 bridgehead atoms. The lowest BCUT2D eigenvalue weighted by molar-refractivity contribution is -0.141. The lowest BCUT2D eigenvalue weighted by Gasteiger charge is -2.25. The first-order valence-corrected chi connectivity index (χ1v) is 32.2. The minimum absolute atomic E-state index is 0.0351. The SMILES string of the molecule is CCCCCCCCCCCCCCCC(=O)NCCCC[C@H](NC(=O)CCCCCCCCCCCCCCC)C(=O)NCC(=O)N[C@@H](CC(=O)O)C(=O)N[C@@H](Cc1c[nH]c2ccccc12)C(=O)N[C@@H](CC(=O)O)C(=O)N[C@H](C)CCC(N)=O. The molecule has 1 heterocycles. The summed E-state index contributed by atoms with van der Waals surface area (Å²) in [6.07, 6.45) is 32.1. The molecule has 0 saturated carbocycles. The zero-order valence-electron chi connectivity index (χ0n) is 51.7. The Hall–Kier alpha value is -6.54. The number of aromatic amines is 1. The van der Waals surface area contributed by atoms with Crippen LogP contribution in [0.5, 0.6) is 0 Å². The van der Waals surface area contributed by atoms with Gasteiger partial charge in [-0.1, -0.05) is 186 Å². The molecule has 0 radical (unpaired) electrons. The van der Waals surface area contributed by atoms with E-state index in [1.807, 2.05) is 0 Å².